The lowest BCUT2D eigenvalue weighted by Gasteiger charge is -2.20. The fraction of sp³-hybridized carbons (Fsp3) is 0.500. The van der Waals surface area contributed by atoms with Crippen molar-refractivity contribution in [2.24, 2.45) is 0 Å². The maximum absolute atomic E-state index is 5.73. The minimum atomic E-state index is 0.0835. The second-order valence-corrected chi connectivity index (χ2v) is 6.18. The van der Waals surface area contributed by atoms with Crippen LogP contribution >= 0.6 is 0 Å². The van der Waals surface area contributed by atoms with Gasteiger partial charge in [-0.3, -0.25) is 4.98 Å². The first-order valence-electron chi connectivity index (χ1n) is 7.09. The first kappa shape index (κ1) is 15.5. The lowest BCUT2D eigenvalue weighted by atomic mass is 10.1. The predicted molar refractivity (Wildman–Crippen MR) is 81.1 cm³/mol. The molecule has 0 radical (unpaired) electrons. The molecule has 2 rings (SSSR count). The Morgan fingerprint density at radius 3 is 2.52 bits per heavy atom. The molecule has 2 heterocycles. The van der Waals surface area contributed by atoms with Crippen LogP contribution in [-0.4, -0.2) is 15.7 Å². The SMILES string of the molecule is Cc1noc(C)c1COc1ccc(CNC(C)(C)C)nc1. The van der Waals surface area contributed by atoms with Gasteiger partial charge in [0.05, 0.1) is 23.1 Å². The fourth-order valence-corrected chi connectivity index (χ4v) is 1.82. The van der Waals surface area contributed by atoms with Gasteiger partial charge in [0.1, 0.15) is 18.1 Å². The molecule has 2 aromatic rings. The Balaban J connectivity index is 1.91. The van der Waals surface area contributed by atoms with Crippen LogP contribution in [0.4, 0.5) is 0 Å². The van der Waals surface area contributed by atoms with Gasteiger partial charge in [0, 0.05) is 12.1 Å². The van der Waals surface area contributed by atoms with E-state index >= 15 is 0 Å². The minimum Gasteiger partial charge on any atom is -0.487 e. The Hall–Kier alpha value is -1.88. The van der Waals surface area contributed by atoms with Crippen LogP contribution in [0.2, 0.25) is 0 Å². The number of hydrogen-bond donors (Lipinski definition) is 1. The molecule has 2 aromatic heterocycles. The minimum absolute atomic E-state index is 0.0835. The third-order valence-corrected chi connectivity index (χ3v) is 3.16. The van der Waals surface area contributed by atoms with E-state index in [-0.39, 0.29) is 5.54 Å². The van der Waals surface area contributed by atoms with E-state index in [0.717, 1.165) is 35.0 Å². The van der Waals surface area contributed by atoms with Crippen molar-refractivity contribution in [1.29, 1.82) is 0 Å². The van der Waals surface area contributed by atoms with Crippen LogP contribution in [0.5, 0.6) is 5.75 Å². The maximum atomic E-state index is 5.73. The molecule has 0 fully saturated rings. The molecule has 0 amide bonds. The third-order valence-electron chi connectivity index (χ3n) is 3.16. The van der Waals surface area contributed by atoms with E-state index in [2.05, 4.69) is 36.2 Å². The Kier molecular flexibility index (Phi) is 4.63. The van der Waals surface area contributed by atoms with E-state index < -0.39 is 0 Å². The summed E-state index contributed by atoms with van der Waals surface area (Å²) in [7, 11) is 0. The highest BCUT2D eigenvalue weighted by Gasteiger charge is 2.10. The largest absolute Gasteiger partial charge is 0.487 e. The zero-order chi connectivity index (χ0) is 15.5. The molecule has 0 saturated carbocycles. The highest BCUT2D eigenvalue weighted by atomic mass is 16.5. The number of nitrogens with zero attached hydrogens (tertiary/aromatic N) is 2. The Labute approximate surface area is 125 Å². The molecule has 0 atom stereocenters. The molecule has 0 spiro atoms. The number of aromatic nitrogens is 2. The van der Waals surface area contributed by atoms with Gasteiger partial charge in [-0.05, 0) is 46.8 Å². The maximum Gasteiger partial charge on any atom is 0.140 e. The van der Waals surface area contributed by atoms with Crippen molar-refractivity contribution in [2.45, 2.75) is 53.3 Å². The molecule has 1 N–H and O–H groups in total. The smallest absolute Gasteiger partial charge is 0.140 e. The van der Waals surface area contributed by atoms with Crippen LogP contribution < -0.4 is 10.1 Å². The van der Waals surface area contributed by atoms with Gasteiger partial charge >= 0.3 is 0 Å². The van der Waals surface area contributed by atoms with Crippen LogP contribution in [0, 0.1) is 13.8 Å². The summed E-state index contributed by atoms with van der Waals surface area (Å²) in [6, 6.07) is 3.91. The van der Waals surface area contributed by atoms with Crippen molar-refractivity contribution in [2.75, 3.05) is 0 Å². The normalized spacial score (nSPS) is 11.7. The number of hydrogen-bond acceptors (Lipinski definition) is 5. The molecular formula is C16H23N3O2. The summed E-state index contributed by atoms with van der Waals surface area (Å²) >= 11 is 0. The second kappa shape index (κ2) is 6.26. The van der Waals surface area contributed by atoms with Crippen LogP contribution in [0.3, 0.4) is 0 Å². The standard InChI is InChI=1S/C16H23N3O2/c1-11-15(12(2)21-19-11)10-20-14-7-6-13(17-9-14)8-18-16(3,4)5/h6-7,9,18H,8,10H2,1-5H3. The molecule has 0 aliphatic rings. The van der Waals surface area contributed by atoms with Crippen molar-refractivity contribution in [3.8, 4) is 5.75 Å². The van der Waals surface area contributed by atoms with Crippen molar-refractivity contribution < 1.29 is 9.26 Å². The third kappa shape index (κ3) is 4.56. The first-order valence-corrected chi connectivity index (χ1v) is 7.09. The van der Waals surface area contributed by atoms with E-state index in [0.29, 0.717) is 6.61 Å². The Morgan fingerprint density at radius 2 is 2.00 bits per heavy atom. The fourth-order valence-electron chi connectivity index (χ4n) is 1.82. The zero-order valence-corrected chi connectivity index (χ0v) is 13.4. The van der Waals surface area contributed by atoms with Crippen LogP contribution in [0.1, 0.15) is 43.5 Å². The summed E-state index contributed by atoms with van der Waals surface area (Å²) in [6.45, 7) is 11.4. The van der Waals surface area contributed by atoms with E-state index in [4.69, 9.17) is 9.26 Å². The lowest BCUT2D eigenvalue weighted by molar-refractivity contribution is 0.300. The molecule has 0 bridgehead atoms. The van der Waals surface area contributed by atoms with Gasteiger partial charge in [-0.2, -0.15) is 0 Å². The number of pyridine rings is 1. The summed E-state index contributed by atoms with van der Waals surface area (Å²) < 4.78 is 10.8. The van der Waals surface area contributed by atoms with Crippen LogP contribution in [0.15, 0.2) is 22.9 Å². The predicted octanol–water partition coefficient (Wildman–Crippen LogP) is 3.15. The van der Waals surface area contributed by atoms with Gasteiger partial charge in [-0.15, -0.1) is 0 Å². The second-order valence-electron chi connectivity index (χ2n) is 6.18. The summed E-state index contributed by atoms with van der Waals surface area (Å²) in [5.74, 6) is 1.54. The van der Waals surface area contributed by atoms with Gasteiger partial charge in [0.25, 0.3) is 0 Å². The van der Waals surface area contributed by atoms with E-state index in [1.807, 2.05) is 26.0 Å². The number of rotatable bonds is 5. The number of ether oxygens (including phenoxy) is 1. The monoisotopic (exact) mass is 289 g/mol. The van der Waals surface area contributed by atoms with E-state index in [1.165, 1.54) is 0 Å². The van der Waals surface area contributed by atoms with Gasteiger partial charge in [-0.25, -0.2) is 0 Å². The average Bonchev–Trinajstić information content (AvgIpc) is 2.74. The van der Waals surface area contributed by atoms with Crippen LogP contribution in [0.25, 0.3) is 0 Å². The molecule has 0 aromatic carbocycles. The first-order chi connectivity index (χ1) is 9.85. The van der Waals surface area contributed by atoms with E-state index in [9.17, 15) is 0 Å². The van der Waals surface area contributed by atoms with Gasteiger partial charge in [0.15, 0.2) is 0 Å². The van der Waals surface area contributed by atoms with Gasteiger partial charge < -0.3 is 14.6 Å². The molecule has 0 aliphatic heterocycles. The zero-order valence-electron chi connectivity index (χ0n) is 13.4. The van der Waals surface area contributed by atoms with Crippen molar-refractivity contribution in [1.82, 2.24) is 15.5 Å². The summed E-state index contributed by atoms with van der Waals surface area (Å²) in [5, 5.41) is 7.31. The highest BCUT2D eigenvalue weighted by molar-refractivity contribution is 5.23. The molecule has 114 valence electrons. The van der Waals surface area contributed by atoms with Gasteiger partial charge in [-0.1, -0.05) is 5.16 Å². The molecular weight excluding hydrogens is 266 g/mol. The Bertz CT molecular complexity index is 563. The highest BCUT2D eigenvalue weighted by Crippen LogP contribution is 2.17. The average molecular weight is 289 g/mol. The van der Waals surface area contributed by atoms with Crippen molar-refractivity contribution in [3.63, 3.8) is 0 Å². The molecule has 21 heavy (non-hydrogen) atoms. The molecule has 0 aliphatic carbocycles. The summed E-state index contributed by atoms with van der Waals surface area (Å²) in [6.07, 6.45) is 1.75. The molecule has 5 nitrogen and oxygen atoms in total. The van der Waals surface area contributed by atoms with Crippen molar-refractivity contribution >= 4 is 0 Å². The quantitative estimate of drug-likeness (QED) is 0.916. The Morgan fingerprint density at radius 1 is 1.24 bits per heavy atom. The lowest BCUT2D eigenvalue weighted by Crippen LogP contribution is -2.35. The topological polar surface area (TPSA) is 60.2 Å². The molecule has 0 unspecified atom stereocenters. The van der Waals surface area contributed by atoms with E-state index in [1.54, 1.807) is 6.20 Å². The molecule has 5 heteroatoms. The number of nitrogens with one attached hydrogen (secondary N) is 1. The number of aryl methyl sites for hydroxylation is 2. The van der Waals surface area contributed by atoms with Crippen LogP contribution in [-0.2, 0) is 13.2 Å². The molecule has 0 saturated heterocycles. The van der Waals surface area contributed by atoms with Gasteiger partial charge in [0.2, 0.25) is 0 Å². The van der Waals surface area contributed by atoms with Crippen molar-refractivity contribution in [3.05, 3.63) is 41.0 Å². The summed E-state index contributed by atoms with van der Waals surface area (Å²) in [4.78, 5) is 4.40. The summed E-state index contributed by atoms with van der Waals surface area (Å²) in [5.41, 5.74) is 2.94.